The van der Waals surface area contributed by atoms with Gasteiger partial charge in [0.1, 0.15) is 0 Å². The average molecular weight is 448 g/mol. The molecule has 7 heteroatoms. The van der Waals surface area contributed by atoms with Crippen molar-refractivity contribution >= 4 is 35.8 Å². The summed E-state index contributed by atoms with van der Waals surface area (Å²) in [5, 5.41) is 9.08. The molecule has 0 atom stereocenters. The fourth-order valence-electron chi connectivity index (χ4n) is 1.95. The first kappa shape index (κ1) is 22.6. The second kappa shape index (κ2) is 11.2. The van der Waals surface area contributed by atoms with Gasteiger partial charge < -0.3 is 20.7 Å². The highest BCUT2D eigenvalue weighted by atomic mass is 127. The van der Waals surface area contributed by atoms with E-state index in [-0.39, 0.29) is 42.0 Å². The maximum absolute atomic E-state index is 11.8. The van der Waals surface area contributed by atoms with E-state index in [2.05, 4.69) is 20.9 Å². The van der Waals surface area contributed by atoms with Gasteiger partial charge in [-0.15, -0.1) is 24.0 Å². The average Bonchev–Trinajstić information content (AvgIpc) is 2.47. The number of rotatable bonds is 6. The maximum atomic E-state index is 11.8. The predicted molar refractivity (Wildman–Crippen MR) is 109 cm³/mol. The summed E-state index contributed by atoms with van der Waals surface area (Å²) in [4.78, 5) is 15.9. The van der Waals surface area contributed by atoms with Gasteiger partial charge in [-0.1, -0.05) is 24.3 Å². The Hall–Kier alpha value is -1.35. The molecule has 1 aromatic rings. The molecule has 24 heavy (non-hydrogen) atoms. The lowest BCUT2D eigenvalue weighted by Gasteiger charge is -2.21. The van der Waals surface area contributed by atoms with Crippen molar-refractivity contribution in [1.29, 1.82) is 0 Å². The van der Waals surface area contributed by atoms with Gasteiger partial charge in [0.15, 0.2) is 5.96 Å². The van der Waals surface area contributed by atoms with E-state index < -0.39 is 0 Å². The summed E-state index contributed by atoms with van der Waals surface area (Å²) in [5.41, 5.74) is 2.03. The minimum atomic E-state index is -0.236. The number of carbonyl (C=O) groups excluding carboxylic acids is 1. The van der Waals surface area contributed by atoms with Gasteiger partial charge in [-0.25, -0.2) is 0 Å². The zero-order valence-corrected chi connectivity index (χ0v) is 17.4. The van der Waals surface area contributed by atoms with Crippen molar-refractivity contribution in [3.8, 4) is 0 Å². The molecule has 0 aliphatic rings. The van der Waals surface area contributed by atoms with Crippen LogP contribution in [0.5, 0.6) is 0 Å². The molecule has 0 bridgehead atoms. The van der Waals surface area contributed by atoms with Gasteiger partial charge >= 0.3 is 0 Å². The Bertz CT molecular complexity index is 524. The lowest BCUT2D eigenvalue weighted by atomic mass is 10.1. The third-order valence-corrected chi connectivity index (χ3v) is 2.95. The van der Waals surface area contributed by atoms with Gasteiger partial charge in [0.25, 0.3) is 0 Å². The van der Waals surface area contributed by atoms with E-state index in [1.165, 1.54) is 0 Å². The number of guanidine groups is 1. The van der Waals surface area contributed by atoms with Crippen LogP contribution in [0, 0.1) is 0 Å². The van der Waals surface area contributed by atoms with Crippen LogP contribution in [0.1, 0.15) is 31.9 Å². The molecule has 0 spiro atoms. The Labute approximate surface area is 161 Å². The second-order valence-corrected chi connectivity index (χ2v) is 6.33. The number of benzene rings is 1. The number of carbonyl (C=O) groups is 1. The summed E-state index contributed by atoms with van der Waals surface area (Å²) in [6, 6.07) is 8.16. The highest BCUT2D eigenvalue weighted by Crippen LogP contribution is 2.05. The van der Waals surface area contributed by atoms with E-state index in [4.69, 9.17) is 4.74 Å². The Morgan fingerprint density at radius 1 is 1.12 bits per heavy atom. The first-order valence-corrected chi connectivity index (χ1v) is 7.66. The Kier molecular flexibility index (Phi) is 10.6. The van der Waals surface area contributed by atoms with Crippen LogP contribution in [-0.4, -0.2) is 38.1 Å². The van der Waals surface area contributed by atoms with Crippen LogP contribution in [-0.2, 0) is 22.7 Å². The molecule has 136 valence electrons. The molecule has 1 rings (SSSR count). The molecule has 0 aliphatic heterocycles. The van der Waals surface area contributed by atoms with E-state index in [1.54, 1.807) is 14.2 Å². The molecule has 6 nitrogen and oxygen atoms in total. The first-order valence-electron chi connectivity index (χ1n) is 7.66. The Morgan fingerprint density at radius 2 is 1.71 bits per heavy atom. The van der Waals surface area contributed by atoms with Gasteiger partial charge in [-0.3, -0.25) is 9.79 Å². The molecule has 0 radical (unpaired) electrons. The van der Waals surface area contributed by atoms with Gasteiger partial charge in [-0.2, -0.15) is 0 Å². The van der Waals surface area contributed by atoms with Crippen molar-refractivity contribution in [3.63, 3.8) is 0 Å². The fraction of sp³-hybridized carbons (Fsp3) is 0.529. The largest absolute Gasteiger partial charge is 0.380 e. The number of halogens is 1. The van der Waals surface area contributed by atoms with Crippen molar-refractivity contribution < 1.29 is 9.53 Å². The summed E-state index contributed by atoms with van der Waals surface area (Å²) in [6.45, 7) is 7.28. The monoisotopic (exact) mass is 448 g/mol. The molecule has 0 unspecified atom stereocenters. The Balaban J connectivity index is 0.00000529. The zero-order chi connectivity index (χ0) is 17.3. The van der Waals surface area contributed by atoms with Crippen LogP contribution in [0.2, 0.25) is 0 Å². The summed E-state index contributed by atoms with van der Waals surface area (Å²) in [7, 11) is 3.36. The minimum Gasteiger partial charge on any atom is -0.380 e. The molecule has 0 aliphatic carbocycles. The maximum Gasteiger partial charge on any atom is 0.239 e. The number of methoxy groups -OCH3 is 1. The standard InChI is InChI=1S/C17H28N4O2.HI/c1-17(2,3)21-15(22)11-20-16(18-4)19-10-13-6-8-14(9-7-13)12-23-5;/h6-9H,10-12H2,1-5H3,(H,21,22)(H2,18,19,20);1H. The van der Waals surface area contributed by atoms with Crippen LogP contribution in [0.3, 0.4) is 0 Å². The highest BCUT2D eigenvalue weighted by molar-refractivity contribution is 14.0. The van der Waals surface area contributed by atoms with Gasteiger partial charge in [0.05, 0.1) is 13.2 Å². The lowest BCUT2D eigenvalue weighted by Crippen LogP contribution is -2.48. The van der Waals surface area contributed by atoms with Crippen molar-refractivity contribution in [2.45, 2.75) is 39.5 Å². The van der Waals surface area contributed by atoms with Crippen LogP contribution < -0.4 is 16.0 Å². The van der Waals surface area contributed by atoms with E-state index in [0.29, 0.717) is 19.1 Å². The van der Waals surface area contributed by atoms with Crippen molar-refractivity contribution in [2.75, 3.05) is 20.7 Å². The van der Waals surface area contributed by atoms with Crippen LogP contribution in [0.25, 0.3) is 0 Å². The number of amides is 1. The summed E-state index contributed by atoms with van der Waals surface area (Å²) in [5.74, 6) is 0.527. The third-order valence-electron chi connectivity index (χ3n) is 2.95. The molecule has 0 heterocycles. The number of aliphatic imine (C=N–C) groups is 1. The molecule has 1 amide bonds. The van der Waals surface area contributed by atoms with E-state index in [1.807, 2.05) is 45.0 Å². The second-order valence-electron chi connectivity index (χ2n) is 6.33. The van der Waals surface area contributed by atoms with Crippen LogP contribution in [0.4, 0.5) is 0 Å². The molecule has 0 aromatic heterocycles. The molecular weight excluding hydrogens is 419 g/mol. The molecule has 1 aromatic carbocycles. The van der Waals surface area contributed by atoms with Crippen molar-refractivity contribution in [1.82, 2.24) is 16.0 Å². The van der Waals surface area contributed by atoms with E-state index in [0.717, 1.165) is 11.1 Å². The normalized spacial score (nSPS) is 11.5. The number of ether oxygens (including phenoxy) is 1. The van der Waals surface area contributed by atoms with Gasteiger partial charge in [0, 0.05) is 26.2 Å². The van der Waals surface area contributed by atoms with Gasteiger partial charge in [0.2, 0.25) is 5.91 Å². The minimum absolute atomic E-state index is 0. The molecule has 0 fully saturated rings. The highest BCUT2D eigenvalue weighted by Gasteiger charge is 2.13. The number of nitrogens with zero attached hydrogens (tertiary/aromatic N) is 1. The predicted octanol–water partition coefficient (Wildman–Crippen LogP) is 2.03. The summed E-state index contributed by atoms with van der Waals surface area (Å²) >= 11 is 0. The topological polar surface area (TPSA) is 74.8 Å². The third kappa shape index (κ3) is 9.71. The van der Waals surface area contributed by atoms with E-state index >= 15 is 0 Å². The Morgan fingerprint density at radius 3 is 2.21 bits per heavy atom. The SMILES string of the molecule is CN=C(NCC(=O)NC(C)(C)C)NCc1ccc(COC)cc1.I. The molecule has 3 N–H and O–H groups in total. The molecule has 0 saturated heterocycles. The fourth-order valence-corrected chi connectivity index (χ4v) is 1.95. The van der Waals surface area contributed by atoms with Crippen molar-refractivity contribution in [2.24, 2.45) is 4.99 Å². The number of hydrogen-bond donors (Lipinski definition) is 3. The van der Waals surface area contributed by atoms with Crippen molar-refractivity contribution in [3.05, 3.63) is 35.4 Å². The van der Waals surface area contributed by atoms with E-state index in [9.17, 15) is 4.79 Å². The smallest absolute Gasteiger partial charge is 0.239 e. The quantitative estimate of drug-likeness (QED) is 0.354. The molecule has 0 saturated carbocycles. The number of nitrogens with one attached hydrogen (secondary N) is 3. The summed E-state index contributed by atoms with van der Waals surface area (Å²) < 4.78 is 5.09. The van der Waals surface area contributed by atoms with Crippen LogP contribution >= 0.6 is 24.0 Å². The van der Waals surface area contributed by atoms with Crippen LogP contribution in [0.15, 0.2) is 29.3 Å². The zero-order valence-electron chi connectivity index (χ0n) is 15.1. The van der Waals surface area contributed by atoms with Gasteiger partial charge in [-0.05, 0) is 31.9 Å². The number of hydrogen-bond acceptors (Lipinski definition) is 3. The first-order chi connectivity index (χ1) is 10.8. The lowest BCUT2D eigenvalue weighted by molar-refractivity contribution is -0.121. The summed E-state index contributed by atoms with van der Waals surface area (Å²) in [6.07, 6.45) is 0. The molecular formula is C17H29IN4O2.